The molecule has 2 aromatic carbocycles. The molecule has 3 rings (SSSR count). The van der Waals surface area contributed by atoms with Crippen LogP contribution in [0.5, 0.6) is 0 Å². The summed E-state index contributed by atoms with van der Waals surface area (Å²) in [5.74, 6) is 0. The van der Waals surface area contributed by atoms with Crippen molar-refractivity contribution < 1.29 is 0 Å². The zero-order chi connectivity index (χ0) is 13.2. The molecule has 1 nitrogen and oxygen atoms in total. The van der Waals surface area contributed by atoms with Gasteiger partial charge in [-0.3, -0.25) is 4.98 Å². The van der Waals surface area contributed by atoms with Gasteiger partial charge in [0.25, 0.3) is 0 Å². The predicted octanol–water partition coefficient (Wildman–Crippen LogP) is 4.44. The van der Waals surface area contributed by atoms with Crippen LogP contribution in [0.2, 0.25) is 0 Å². The minimum atomic E-state index is 0.940. The van der Waals surface area contributed by atoms with Gasteiger partial charge in [0.2, 0.25) is 0 Å². The average Bonchev–Trinajstić information content (AvgIpc) is 2.41. The van der Waals surface area contributed by atoms with E-state index in [1.165, 1.54) is 22.1 Å². The monoisotopic (exact) mass is 247 g/mol. The highest BCUT2D eigenvalue weighted by Gasteiger charge is 2.05. The molecule has 19 heavy (non-hydrogen) atoms. The summed E-state index contributed by atoms with van der Waals surface area (Å²) in [7, 11) is 0. The van der Waals surface area contributed by atoms with Crippen LogP contribution in [0.3, 0.4) is 0 Å². The highest BCUT2D eigenvalue weighted by Crippen LogP contribution is 2.22. The molecule has 1 aromatic heterocycles. The molecule has 3 aromatic rings. The van der Waals surface area contributed by atoms with Crippen molar-refractivity contribution in [2.45, 2.75) is 20.3 Å². The Morgan fingerprint density at radius 3 is 2.47 bits per heavy atom. The lowest BCUT2D eigenvalue weighted by Gasteiger charge is -2.09. The molecule has 0 aliphatic heterocycles. The molecule has 0 saturated carbocycles. The quantitative estimate of drug-likeness (QED) is 0.652. The van der Waals surface area contributed by atoms with Crippen LogP contribution < -0.4 is 0 Å². The fourth-order valence-electron chi connectivity index (χ4n) is 2.52. The van der Waals surface area contributed by atoms with Crippen molar-refractivity contribution >= 4 is 10.9 Å². The number of rotatable bonds is 2. The van der Waals surface area contributed by atoms with Crippen LogP contribution in [0.4, 0.5) is 0 Å². The standard InChI is InChI=1S/C18H17N/c1-13-10-16-9-8-14(2)19-18(16)17(11-13)12-15-6-4-3-5-7-15/h3-11H,12H2,1-2H3. The summed E-state index contributed by atoms with van der Waals surface area (Å²) in [6, 6.07) is 19.3. The number of hydrogen-bond acceptors (Lipinski definition) is 1. The minimum absolute atomic E-state index is 0.940. The van der Waals surface area contributed by atoms with Crippen LogP contribution >= 0.6 is 0 Å². The van der Waals surface area contributed by atoms with Crippen LogP contribution in [-0.2, 0) is 6.42 Å². The molecular formula is C18H17N. The first-order valence-corrected chi connectivity index (χ1v) is 6.63. The van der Waals surface area contributed by atoms with Crippen molar-refractivity contribution in [3.05, 3.63) is 77.0 Å². The molecule has 0 radical (unpaired) electrons. The topological polar surface area (TPSA) is 12.9 Å². The second kappa shape index (κ2) is 4.85. The maximum Gasteiger partial charge on any atom is 0.0740 e. The first-order chi connectivity index (χ1) is 9.22. The van der Waals surface area contributed by atoms with Crippen LogP contribution in [0.15, 0.2) is 54.6 Å². The van der Waals surface area contributed by atoms with E-state index >= 15 is 0 Å². The number of nitrogens with zero attached hydrogens (tertiary/aromatic N) is 1. The Morgan fingerprint density at radius 2 is 1.68 bits per heavy atom. The highest BCUT2D eigenvalue weighted by atomic mass is 14.7. The van der Waals surface area contributed by atoms with E-state index in [2.05, 4.69) is 61.5 Å². The fraction of sp³-hybridized carbons (Fsp3) is 0.167. The number of pyridine rings is 1. The Labute approximate surface area is 113 Å². The molecule has 0 saturated heterocycles. The fourth-order valence-corrected chi connectivity index (χ4v) is 2.52. The van der Waals surface area contributed by atoms with Gasteiger partial charge in [-0.25, -0.2) is 0 Å². The van der Waals surface area contributed by atoms with Crippen molar-refractivity contribution in [1.82, 2.24) is 4.98 Å². The lowest BCUT2D eigenvalue weighted by Crippen LogP contribution is -1.94. The summed E-state index contributed by atoms with van der Waals surface area (Å²) in [4.78, 5) is 4.71. The van der Waals surface area contributed by atoms with Crippen LogP contribution in [0.25, 0.3) is 10.9 Å². The molecule has 0 bridgehead atoms. The van der Waals surface area contributed by atoms with E-state index in [0.29, 0.717) is 0 Å². The van der Waals surface area contributed by atoms with E-state index in [1.54, 1.807) is 0 Å². The van der Waals surface area contributed by atoms with Crippen molar-refractivity contribution in [1.29, 1.82) is 0 Å². The minimum Gasteiger partial charge on any atom is -0.253 e. The second-order valence-corrected chi connectivity index (χ2v) is 5.11. The second-order valence-electron chi connectivity index (χ2n) is 5.11. The van der Waals surface area contributed by atoms with Crippen LogP contribution in [-0.4, -0.2) is 4.98 Å². The number of fused-ring (bicyclic) bond motifs is 1. The summed E-state index contributed by atoms with van der Waals surface area (Å²) in [6.07, 6.45) is 0.940. The van der Waals surface area contributed by atoms with Gasteiger partial charge in [0.05, 0.1) is 5.52 Å². The van der Waals surface area contributed by atoms with Crippen LogP contribution in [0.1, 0.15) is 22.4 Å². The number of aryl methyl sites for hydroxylation is 2. The Hall–Kier alpha value is -2.15. The summed E-state index contributed by atoms with van der Waals surface area (Å²) < 4.78 is 0. The maximum atomic E-state index is 4.71. The highest BCUT2D eigenvalue weighted by molar-refractivity contribution is 5.83. The lowest BCUT2D eigenvalue weighted by molar-refractivity contribution is 1.16. The predicted molar refractivity (Wildman–Crippen MR) is 80.5 cm³/mol. The molecule has 0 N–H and O–H groups in total. The largest absolute Gasteiger partial charge is 0.253 e. The van der Waals surface area contributed by atoms with Crippen molar-refractivity contribution in [3.63, 3.8) is 0 Å². The summed E-state index contributed by atoms with van der Waals surface area (Å²) in [5, 5.41) is 1.23. The first kappa shape index (κ1) is 11.9. The molecule has 0 amide bonds. The van der Waals surface area contributed by atoms with Gasteiger partial charge in [-0.05, 0) is 43.5 Å². The number of hydrogen-bond donors (Lipinski definition) is 0. The number of benzene rings is 2. The van der Waals surface area contributed by atoms with Crippen molar-refractivity contribution in [2.24, 2.45) is 0 Å². The Morgan fingerprint density at radius 1 is 0.895 bits per heavy atom. The summed E-state index contributed by atoms with van der Waals surface area (Å²) in [6.45, 7) is 4.19. The van der Waals surface area contributed by atoms with E-state index in [9.17, 15) is 0 Å². The first-order valence-electron chi connectivity index (χ1n) is 6.63. The Balaban J connectivity index is 2.14. The SMILES string of the molecule is Cc1cc(Cc2ccccc2)c2nc(C)ccc2c1. The Bertz CT molecular complexity index is 714. The molecule has 1 heterocycles. The zero-order valence-electron chi connectivity index (χ0n) is 11.4. The van der Waals surface area contributed by atoms with Crippen molar-refractivity contribution in [2.75, 3.05) is 0 Å². The molecule has 0 unspecified atom stereocenters. The van der Waals surface area contributed by atoms with E-state index in [0.717, 1.165) is 17.6 Å². The van der Waals surface area contributed by atoms with Gasteiger partial charge >= 0.3 is 0 Å². The third kappa shape index (κ3) is 2.50. The summed E-state index contributed by atoms with van der Waals surface area (Å²) >= 11 is 0. The van der Waals surface area contributed by atoms with Crippen LogP contribution in [0, 0.1) is 13.8 Å². The van der Waals surface area contributed by atoms with Gasteiger partial charge in [-0.1, -0.05) is 48.0 Å². The third-order valence-electron chi connectivity index (χ3n) is 3.39. The molecular weight excluding hydrogens is 230 g/mol. The van der Waals surface area contributed by atoms with E-state index in [-0.39, 0.29) is 0 Å². The summed E-state index contributed by atoms with van der Waals surface area (Å²) in [5.41, 5.74) is 6.15. The molecule has 0 fully saturated rings. The van der Waals surface area contributed by atoms with Gasteiger partial charge in [0.1, 0.15) is 0 Å². The normalized spacial score (nSPS) is 10.8. The molecule has 94 valence electrons. The zero-order valence-corrected chi connectivity index (χ0v) is 11.4. The molecule has 0 spiro atoms. The Kier molecular flexibility index (Phi) is 3.04. The van der Waals surface area contributed by atoms with Gasteiger partial charge in [-0.2, -0.15) is 0 Å². The van der Waals surface area contributed by atoms with Crippen molar-refractivity contribution in [3.8, 4) is 0 Å². The lowest BCUT2D eigenvalue weighted by atomic mass is 9.99. The molecule has 0 aliphatic carbocycles. The molecule has 0 aliphatic rings. The third-order valence-corrected chi connectivity index (χ3v) is 3.39. The molecule has 0 atom stereocenters. The van der Waals surface area contributed by atoms with E-state index in [4.69, 9.17) is 4.98 Å². The average molecular weight is 247 g/mol. The number of aromatic nitrogens is 1. The van der Waals surface area contributed by atoms with Gasteiger partial charge < -0.3 is 0 Å². The van der Waals surface area contributed by atoms with E-state index < -0.39 is 0 Å². The smallest absolute Gasteiger partial charge is 0.0740 e. The molecule has 1 heteroatoms. The van der Waals surface area contributed by atoms with Gasteiger partial charge in [-0.15, -0.1) is 0 Å². The van der Waals surface area contributed by atoms with Gasteiger partial charge in [0, 0.05) is 11.1 Å². The van der Waals surface area contributed by atoms with Gasteiger partial charge in [0.15, 0.2) is 0 Å². The van der Waals surface area contributed by atoms with E-state index in [1.807, 2.05) is 6.92 Å². The maximum absolute atomic E-state index is 4.71.